The van der Waals surface area contributed by atoms with Crippen molar-refractivity contribution in [3.8, 4) is 45.2 Å². The number of benzene rings is 4. The van der Waals surface area contributed by atoms with E-state index in [4.69, 9.17) is 24.9 Å². The molecule has 0 unspecified atom stereocenters. The van der Waals surface area contributed by atoms with Crippen LogP contribution >= 0.6 is 0 Å². The molecule has 4 aromatic heterocycles. The number of hydrogen-bond acceptors (Lipinski definition) is 5. The van der Waals surface area contributed by atoms with Crippen molar-refractivity contribution in [3.05, 3.63) is 140 Å². The lowest BCUT2D eigenvalue weighted by Crippen LogP contribution is -1.96. The first-order valence-corrected chi connectivity index (χ1v) is 13.9. The smallest absolute Gasteiger partial charge is 0.0988 e. The first-order chi connectivity index (χ1) is 20.8. The number of rotatable bonds is 4. The predicted octanol–water partition coefficient (Wildman–Crippen LogP) is 8.79. The van der Waals surface area contributed by atoms with Crippen LogP contribution in [0, 0.1) is 0 Å². The number of fused-ring (bicyclic) bond motifs is 4. The SMILES string of the molecule is c1ccc(-c2ccc3ccc4ccc(-c5ccc(-c6nc7ccccc7nc6-c6ccccc6)cn5)nc4c3n2)cc1. The molecule has 0 radical (unpaired) electrons. The molecule has 0 bridgehead atoms. The van der Waals surface area contributed by atoms with Gasteiger partial charge < -0.3 is 0 Å². The number of hydrogen-bond donors (Lipinski definition) is 0. The van der Waals surface area contributed by atoms with Gasteiger partial charge in [0.2, 0.25) is 0 Å². The van der Waals surface area contributed by atoms with Gasteiger partial charge in [0.15, 0.2) is 0 Å². The fourth-order valence-corrected chi connectivity index (χ4v) is 5.36. The van der Waals surface area contributed by atoms with Crippen LogP contribution in [-0.4, -0.2) is 24.9 Å². The Balaban J connectivity index is 1.23. The van der Waals surface area contributed by atoms with E-state index in [1.54, 1.807) is 0 Å². The molecule has 0 atom stereocenters. The molecule has 0 aliphatic rings. The van der Waals surface area contributed by atoms with Gasteiger partial charge in [-0.2, -0.15) is 0 Å². The lowest BCUT2D eigenvalue weighted by atomic mass is 10.0. The fourth-order valence-electron chi connectivity index (χ4n) is 5.36. The second kappa shape index (κ2) is 9.98. The van der Waals surface area contributed by atoms with E-state index in [9.17, 15) is 0 Å². The summed E-state index contributed by atoms with van der Waals surface area (Å²) in [7, 11) is 0. The molecule has 42 heavy (non-hydrogen) atoms. The zero-order valence-corrected chi connectivity index (χ0v) is 22.5. The second-order valence-electron chi connectivity index (χ2n) is 10.2. The first kappa shape index (κ1) is 24.0. The van der Waals surface area contributed by atoms with Gasteiger partial charge in [-0.15, -0.1) is 0 Å². The van der Waals surface area contributed by atoms with Crippen molar-refractivity contribution in [2.24, 2.45) is 0 Å². The van der Waals surface area contributed by atoms with Crippen molar-refractivity contribution in [1.29, 1.82) is 0 Å². The Labute approximate surface area is 242 Å². The highest BCUT2D eigenvalue weighted by Gasteiger charge is 2.15. The van der Waals surface area contributed by atoms with Gasteiger partial charge in [0, 0.05) is 33.7 Å². The second-order valence-corrected chi connectivity index (χ2v) is 10.2. The Hall–Kier alpha value is -5.81. The van der Waals surface area contributed by atoms with E-state index in [-0.39, 0.29) is 0 Å². The van der Waals surface area contributed by atoms with Crippen LogP contribution in [0.5, 0.6) is 0 Å². The summed E-state index contributed by atoms with van der Waals surface area (Å²) in [6.07, 6.45) is 1.86. The molecule has 0 N–H and O–H groups in total. The number of para-hydroxylation sites is 2. The van der Waals surface area contributed by atoms with Gasteiger partial charge in [-0.3, -0.25) is 4.98 Å². The van der Waals surface area contributed by atoms with Crippen LogP contribution < -0.4 is 0 Å². The molecule has 0 spiro atoms. The van der Waals surface area contributed by atoms with E-state index in [2.05, 4.69) is 54.6 Å². The largest absolute Gasteiger partial charge is 0.254 e. The summed E-state index contributed by atoms with van der Waals surface area (Å²) in [6.45, 7) is 0. The van der Waals surface area contributed by atoms with Gasteiger partial charge in [-0.25, -0.2) is 19.9 Å². The number of pyridine rings is 3. The molecular formula is C37H23N5. The first-order valence-electron chi connectivity index (χ1n) is 13.9. The molecule has 0 saturated heterocycles. The lowest BCUT2D eigenvalue weighted by molar-refractivity contribution is 1.25. The van der Waals surface area contributed by atoms with E-state index < -0.39 is 0 Å². The lowest BCUT2D eigenvalue weighted by Gasteiger charge is -2.11. The quantitative estimate of drug-likeness (QED) is 0.210. The zero-order chi connectivity index (χ0) is 27.9. The molecule has 0 amide bonds. The van der Waals surface area contributed by atoms with E-state index in [0.29, 0.717) is 0 Å². The Morgan fingerprint density at radius 2 is 0.833 bits per heavy atom. The zero-order valence-electron chi connectivity index (χ0n) is 22.5. The minimum absolute atomic E-state index is 0.784. The summed E-state index contributed by atoms with van der Waals surface area (Å²) < 4.78 is 0. The topological polar surface area (TPSA) is 64.5 Å². The van der Waals surface area contributed by atoms with Crippen molar-refractivity contribution in [1.82, 2.24) is 24.9 Å². The van der Waals surface area contributed by atoms with Crippen LogP contribution in [0.15, 0.2) is 140 Å². The highest BCUT2D eigenvalue weighted by molar-refractivity contribution is 6.04. The highest BCUT2D eigenvalue weighted by Crippen LogP contribution is 2.32. The fraction of sp³-hybridized carbons (Fsp3) is 0. The van der Waals surface area contributed by atoms with Crippen LogP contribution in [0.4, 0.5) is 0 Å². The Kier molecular flexibility index (Phi) is 5.71. The molecule has 8 rings (SSSR count). The van der Waals surface area contributed by atoms with Crippen LogP contribution in [0.3, 0.4) is 0 Å². The summed E-state index contributed by atoms with van der Waals surface area (Å²) in [5, 5.41) is 2.10. The number of aromatic nitrogens is 5. The molecule has 0 aliphatic carbocycles. The third kappa shape index (κ3) is 4.25. The predicted molar refractivity (Wildman–Crippen MR) is 170 cm³/mol. The molecule has 5 nitrogen and oxygen atoms in total. The molecule has 8 aromatic rings. The molecule has 0 aliphatic heterocycles. The standard InChI is InChI=1S/C37H23N5/c1-3-9-24(10-4-1)29-20-17-26-15-16-27-18-22-33(42-36(27)35(26)39-29)30-21-19-28(23-38-30)37-34(25-11-5-2-6-12-25)40-31-13-7-8-14-32(31)41-37/h1-23H. The van der Waals surface area contributed by atoms with Crippen molar-refractivity contribution >= 4 is 32.8 Å². The minimum atomic E-state index is 0.784. The molecule has 0 saturated carbocycles. The van der Waals surface area contributed by atoms with Crippen LogP contribution in [-0.2, 0) is 0 Å². The average Bonchev–Trinajstić information content (AvgIpc) is 3.08. The van der Waals surface area contributed by atoms with E-state index in [0.717, 1.165) is 78.0 Å². The number of nitrogens with zero attached hydrogens (tertiary/aromatic N) is 5. The maximum absolute atomic E-state index is 5.06. The summed E-state index contributed by atoms with van der Waals surface area (Å²) in [5.74, 6) is 0. The Morgan fingerprint density at radius 3 is 1.45 bits per heavy atom. The molecular weight excluding hydrogens is 514 g/mol. The highest BCUT2D eigenvalue weighted by atomic mass is 14.8. The molecule has 4 heterocycles. The minimum Gasteiger partial charge on any atom is -0.254 e. The Morgan fingerprint density at radius 1 is 0.333 bits per heavy atom. The van der Waals surface area contributed by atoms with Crippen LogP contribution in [0.2, 0.25) is 0 Å². The average molecular weight is 538 g/mol. The Bertz CT molecular complexity index is 2230. The summed E-state index contributed by atoms with van der Waals surface area (Å²) in [5.41, 5.74) is 10.6. The third-order valence-electron chi connectivity index (χ3n) is 7.51. The van der Waals surface area contributed by atoms with Crippen molar-refractivity contribution < 1.29 is 0 Å². The monoisotopic (exact) mass is 537 g/mol. The maximum Gasteiger partial charge on any atom is 0.0988 e. The van der Waals surface area contributed by atoms with E-state index in [1.807, 2.05) is 85.1 Å². The molecule has 196 valence electrons. The van der Waals surface area contributed by atoms with Gasteiger partial charge >= 0.3 is 0 Å². The van der Waals surface area contributed by atoms with Gasteiger partial charge in [0.1, 0.15) is 0 Å². The van der Waals surface area contributed by atoms with Gasteiger partial charge in [-0.1, -0.05) is 97.1 Å². The van der Waals surface area contributed by atoms with Crippen molar-refractivity contribution in [2.75, 3.05) is 0 Å². The molecule has 4 aromatic carbocycles. The third-order valence-corrected chi connectivity index (χ3v) is 7.51. The molecule has 5 heteroatoms. The van der Waals surface area contributed by atoms with Crippen molar-refractivity contribution in [3.63, 3.8) is 0 Å². The van der Waals surface area contributed by atoms with E-state index >= 15 is 0 Å². The van der Waals surface area contributed by atoms with Crippen LogP contribution in [0.1, 0.15) is 0 Å². The summed E-state index contributed by atoms with van der Waals surface area (Å²) in [4.78, 5) is 24.9. The van der Waals surface area contributed by atoms with Gasteiger partial charge in [0.25, 0.3) is 0 Å². The van der Waals surface area contributed by atoms with Crippen molar-refractivity contribution in [2.45, 2.75) is 0 Å². The van der Waals surface area contributed by atoms with E-state index in [1.165, 1.54) is 0 Å². The normalized spacial score (nSPS) is 11.3. The summed E-state index contributed by atoms with van der Waals surface area (Å²) >= 11 is 0. The maximum atomic E-state index is 5.06. The van der Waals surface area contributed by atoms with Gasteiger partial charge in [-0.05, 0) is 36.4 Å². The van der Waals surface area contributed by atoms with Gasteiger partial charge in [0.05, 0.1) is 50.5 Å². The molecule has 0 fully saturated rings. The summed E-state index contributed by atoms with van der Waals surface area (Å²) in [6, 6.07) is 44.9. The van der Waals surface area contributed by atoms with Crippen LogP contribution in [0.25, 0.3) is 78.0 Å².